The molecule has 21 heavy (non-hydrogen) atoms. The minimum Gasteiger partial charge on any atom is -0.490 e. The first kappa shape index (κ1) is 18.4. The van der Waals surface area contributed by atoms with Crippen LogP contribution in [0.15, 0.2) is 22.7 Å². The maximum atomic E-state index is 9.85. The van der Waals surface area contributed by atoms with Crippen LogP contribution in [-0.4, -0.2) is 49.4 Å². The third-order valence-electron chi connectivity index (χ3n) is 2.83. The van der Waals surface area contributed by atoms with Crippen molar-refractivity contribution in [3.05, 3.63) is 28.2 Å². The van der Waals surface area contributed by atoms with Crippen molar-refractivity contribution >= 4 is 15.9 Å². The van der Waals surface area contributed by atoms with E-state index in [9.17, 15) is 10.2 Å². The molecule has 120 valence electrons. The lowest BCUT2D eigenvalue weighted by molar-refractivity contribution is -0.0424. The highest BCUT2D eigenvalue weighted by atomic mass is 79.9. The predicted octanol–water partition coefficient (Wildman–Crippen LogP) is 2.29. The summed E-state index contributed by atoms with van der Waals surface area (Å²) >= 11 is 3.35. The van der Waals surface area contributed by atoms with Gasteiger partial charge in [0.1, 0.15) is 18.5 Å². The van der Waals surface area contributed by atoms with Gasteiger partial charge in [-0.15, -0.1) is 0 Å². The lowest BCUT2D eigenvalue weighted by Gasteiger charge is -2.18. The molecule has 0 saturated heterocycles. The van der Waals surface area contributed by atoms with Crippen LogP contribution in [0.3, 0.4) is 0 Å². The van der Waals surface area contributed by atoms with E-state index in [1.807, 2.05) is 13.0 Å². The molecule has 0 saturated carbocycles. The molecule has 0 amide bonds. The highest BCUT2D eigenvalue weighted by Gasteiger charge is 2.13. The highest BCUT2D eigenvalue weighted by Crippen LogP contribution is 2.28. The second kappa shape index (κ2) is 9.38. The van der Waals surface area contributed by atoms with E-state index >= 15 is 0 Å². The van der Waals surface area contributed by atoms with Gasteiger partial charge in [0.05, 0.1) is 25.4 Å². The van der Waals surface area contributed by atoms with Gasteiger partial charge in [0, 0.05) is 17.1 Å². The van der Waals surface area contributed by atoms with Crippen molar-refractivity contribution in [1.29, 1.82) is 0 Å². The summed E-state index contributed by atoms with van der Waals surface area (Å²) in [6, 6.07) is 5.38. The Balaban J connectivity index is 2.47. The quantitative estimate of drug-likeness (QED) is 0.705. The Bertz CT molecular complexity index is 425. The molecule has 6 heteroatoms. The summed E-state index contributed by atoms with van der Waals surface area (Å²) in [5, 5.41) is 19.6. The average molecular weight is 363 g/mol. The van der Waals surface area contributed by atoms with Gasteiger partial charge in [-0.05, 0) is 32.0 Å². The summed E-state index contributed by atoms with van der Waals surface area (Å²) in [5.41, 5.74) is 0.672. The van der Waals surface area contributed by atoms with Crippen molar-refractivity contribution in [2.24, 2.45) is 0 Å². The number of aliphatic hydroxyl groups is 2. The Morgan fingerprint density at radius 3 is 2.48 bits per heavy atom. The molecule has 0 aliphatic heterocycles. The topological polar surface area (TPSA) is 68.2 Å². The molecule has 0 aliphatic rings. The number of methoxy groups -OCH3 is 1. The number of ether oxygens (including phenoxy) is 3. The molecular formula is C15H23BrO5. The molecule has 3 unspecified atom stereocenters. The Labute approximate surface area is 134 Å². The molecule has 0 aromatic heterocycles. The van der Waals surface area contributed by atoms with E-state index in [0.717, 1.165) is 4.47 Å². The molecule has 0 bridgehead atoms. The van der Waals surface area contributed by atoms with Gasteiger partial charge in [-0.25, -0.2) is 0 Å². The van der Waals surface area contributed by atoms with E-state index in [0.29, 0.717) is 17.9 Å². The number of rotatable bonds is 9. The Morgan fingerprint density at radius 1 is 1.14 bits per heavy atom. The van der Waals surface area contributed by atoms with Crippen molar-refractivity contribution in [3.8, 4) is 5.75 Å². The molecule has 0 heterocycles. The SMILES string of the molecule is COCC(C)OCC(O)COc1ccc(Br)cc1C(C)O. The van der Waals surface area contributed by atoms with E-state index in [1.165, 1.54) is 0 Å². The van der Waals surface area contributed by atoms with Gasteiger partial charge >= 0.3 is 0 Å². The number of benzene rings is 1. The summed E-state index contributed by atoms with van der Waals surface area (Å²) in [7, 11) is 1.60. The van der Waals surface area contributed by atoms with Crippen LogP contribution in [0.2, 0.25) is 0 Å². The minimum atomic E-state index is -0.741. The minimum absolute atomic E-state index is 0.0784. The zero-order valence-corrected chi connectivity index (χ0v) is 14.2. The average Bonchev–Trinajstić information content (AvgIpc) is 2.44. The van der Waals surface area contributed by atoms with E-state index < -0.39 is 12.2 Å². The third kappa shape index (κ3) is 6.76. The fourth-order valence-corrected chi connectivity index (χ4v) is 2.15. The van der Waals surface area contributed by atoms with E-state index in [-0.39, 0.29) is 19.3 Å². The lowest BCUT2D eigenvalue weighted by atomic mass is 10.1. The zero-order chi connectivity index (χ0) is 15.8. The summed E-state index contributed by atoms with van der Waals surface area (Å²) in [4.78, 5) is 0. The van der Waals surface area contributed by atoms with Crippen LogP contribution < -0.4 is 4.74 Å². The summed E-state index contributed by atoms with van der Waals surface area (Å²) in [5.74, 6) is 0.553. The first-order chi connectivity index (χ1) is 9.93. The molecule has 3 atom stereocenters. The Morgan fingerprint density at radius 2 is 1.86 bits per heavy atom. The largest absolute Gasteiger partial charge is 0.490 e. The number of hydrogen-bond donors (Lipinski definition) is 2. The maximum absolute atomic E-state index is 9.85. The number of hydrogen-bond acceptors (Lipinski definition) is 5. The van der Waals surface area contributed by atoms with Crippen LogP contribution in [0.5, 0.6) is 5.75 Å². The van der Waals surface area contributed by atoms with Gasteiger partial charge in [0.2, 0.25) is 0 Å². The van der Waals surface area contributed by atoms with Crippen molar-refractivity contribution < 1.29 is 24.4 Å². The molecule has 1 aromatic rings. The van der Waals surface area contributed by atoms with Crippen LogP contribution in [0.1, 0.15) is 25.5 Å². The van der Waals surface area contributed by atoms with Gasteiger partial charge in [0.15, 0.2) is 0 Å². The standard InChI is InChI=1S/C15H23BrO5/c1-10(7-19-3)20-8-13(18)9-21-15-5-4-12(16)6-14(15)11(2)17/h4-6,10-11,13,17-18H,7-9H2,1-3H3. The molecule has 2 N–H and O–H groups in total. The van der Waals surface area contributed by atoms with Crippen LogP contribution in [0.4, 0.5) is 0 Å². The second-order valence-electron chi connectivity index (χ2n) is 4.92. The van der Waals surface area contributed by atoms with Gasteiger partial charge in [-0.1, -0.05) is 15.9 Å². The maximum Gasteiger partial charge on any atom is 0.125 e. The summed E-state index contributed by atoms with van der Waals surface area (Å²) in [6.07, 6.45) is -1.47. The summed E-state index contributed by atoms with van der Waals surface area (Å²) < 4.78 is 16.8. The first-order valence-corrected chi connectivity index (χ1v) is 7.62. The summed E-state index contributed by atoms with van der Waals surface area (Å²) in [6.45, 7) is 4.29. The number of halogens is 1. The van der Waals surface area contributed by atoms with Crippen LogP contribution in [-0.2, 0) is 9.47 Å². The van der Waals surface area contributed by atoms with Crippen LogP contribution in [0, 0.1) is 0 Å². The molecule has 1 rings (SSSR count). The van der Waals surface area contributed by atoms with Gasteiger partial charge in [-0.3, -0.25) is 0 Å². The van der Waals surface area contributed by atoms with Crippen molar-refractivity contribution in [2.75, 3.05) is 26.9 Å². The van der Waals surface area contributed by atoms with Crippen LogP contribution >= 0.6 is 15.9 Å². The molecular weight excluding hydrogens is 340 g/mol. The Kier molecular flexibility index (Phi) is 8.21. The molecule has 0 aliphatic carbocycles. The fourth-order valence-electron chi connectivity index (χ4n) is 1.77. The van der Waals surface area contributed by atoms with Gasteiger partial charge in [-0.2, -0.15) is 0 Å². The normalized spacial score (nSPS) is 15.5. The lowest BCUT2D eigenvalue weighted by Crippen LogP contribution is -2.27. The first-order valence-electron chi connectivity index (χ1n) is 6.83. The molecule has 0 radical (unpaired) electrons. The van der Waals surface area contributed by atoms with Gasteiger partial charge in [0.25, 0.3) is 0 Å². The van der Waals surface area contributed by atoms with E-state index in [2.05, 4.69) is 15.9 Å². The van der Waals surface area contributed by atoms with Crippen LogP contribution in [0.25, 0.3) is 0 Å². The predicted molar refractivity (Wildman–Crippen MR) is 83.6 cm³/mol. The van der Waals surface area contributed by atoms with Gasteiger partial charge < -0.3 is 24.4 Å². The zero-order valence-electron chi connectivity index (χ0n) is 12.6. The smallest absolute Gasteiger partial charge is 0.125 e. The molecule has 1 aromatic carbocycles. The van der Waals surface area contributed by atoms with Crippen molar-refractivity contribution in [3.63, 3.8) is 0 Å². The number of aliphatic hydroxyl groups excluding tert-OH is 2. The molecule has 0 spiro atoms. The van der Waals surface area contributed by atoms with E-state index in [4.69, 9.17) is 14.2 Å². The highest BCUT2D eigenvalue weighted by molar-refractivity contribution is 9.10. The molecule has 0 fully saturated rings. The third-order valence-corrected chi connectivity index (χ3v) is 3.32. The fraction of sp³-hybridized carbons (Fsp3) is 0.600. The molecule has 5 nitrogen and oxygen atoms in total. The van der Waals surface area contributed by atoms with Crippen molar-refractivity contribution in [1.82, 2.24) is 0 Å². The Hall–Kier alpha value is -0.660. The van der Waals surface area contributed by atoms with E-state index in [1.54, 1.807) is 26.2 Å². The van der Waals surface area contributed by atoms with Crippen molar-refractivity contribution in [2.45, 2.75) is 32.2 Å². The second-order valence-corrected chi connectivity index (χ2v) is 5.84. The monoisotopic (exact) mass is 362 g/mol.